The Labute approximate surface area is 228 Å². The summed E-state index contributed by atoms with van der Waals surface area (Å²) in [5, 5.41) is 0.725. The highest BCUT2D eigenvalue weighted by Crippen LogP contribution is 2.28. The molecule has 10 heteroatoms. The maximum Gasteiger partial charge on any atom is 0.264 e. The minimum absolute atomic E-state index is 0.0761. The van der Waals surface area contributed by atoms with Crippen LogP contribution in [0.3, 0.4) is 0 Å². The molecule has 1 aliphatic rings. The van der Waals surface area contributed by atoms with Gasteiger partial charge in [0.15, 0.2) is 0 Å². The van der Waals surface area contributed by atoms with E-state index in [1.165, 1.54) is 24.8 Å². The van der Waals surface area contributed by atoms with Crippen LogP contribution in [-0.2, 0) is 16.6 Å². The first-order valence-corrected chi connectivity index (χ1v) is 14.1. The molecule has 1 fully saturated rings. The van der Waals surface area contributed by atoms with Crippen LogP contribution in [0.25, 0.3) is 10.9 Å². The molecule has 3 aromatic carbocycles. The fraction of sp³-hybridized carbons (Fsp3) is 0.241. The Morgan fingerprint density at radius 1 is 0.923 bits per heavy atom. The summed E-state index contributed by atoms with van der Waals surface area (Å²) in [6, 6.07) is 21.3. The number of anilines is 1. The van der Waals surface area contributed by atoms with E-state index in [2.05, 4.69) is 14.6 Å². The lowest BCUT2D eigenvalue weighted by Crippen LogP contribution is -2.48. The van der Waals surface area contributed by atoms with Crippen LogP contribution in [0.2, 0.25) is 0 Å². The molecule has 4 aromatic rings. The van der Waals surface area contributed by atoms with E-state index in [9.17, 15) is 13.2 Å². The first kappa shape index (κ1) is 26.5. The smallest absolute Gasteiger partial charge is 0.264 e. The molecule has 2 heterocycles. The predicted molar refractivity (Wildman–Crippen MR) is 150 cm³/mol. The van der Waals surface area contributed by atoms with Crippen LogP contribution >= 0.6 is 0 Å². The van der Waals surface area contributed by atoms with E-state index < -0.39 is 10.0 Å². The molecule has 0 spiro atoms. The van der Waals surface area contributed by atoms with E-state index in [1.54, 1.807) is 42.5 Å². The number of hydrogen-bond donors (Lipinski definition) is 1. The summed E-state index contributed by atoms with van der Waals surface area (Å²) >= 11 is 0. The third-order valence-electron chi connectivity index (χ3n) is 6.79. The summed E-state index contributed by atoms with van der Waals surface area (Å²) in [7, 11) is -0.817. The van der Waals surface area contributed by atoms with Crippen LogP contribution in [-0.4, -0.2) is 69.5 Å². The Hall–Kier alpha value is -4.15. The normalized spacial score (nSPS) is 14.3. The quantitative estimate of drug-likeness (QED) is 0.356. The van der Waals surface area contributed by atoms with Gasteiger partial charge < -0.3 is 14.4 Å². The second-order valence-corrected chi connectivity index (χ2v) is 10.9. The van der Waals surface area contributed by atoms with E-state index in [0.717, 1.165) is 30.8 Å². The molecule has 1 aliphatic heterocycles. The molecule has 1 N–H and O–H groups in total. The lowest BCUT2D eigenvalue weighted by atomic mass is 10.1. The van der Waals surface area contributed by atoms with Gasteiger partial charge in [-0.1, -0.05) is 30.3 Å². The fourth-order valence-corrected chi connectivity index (χ4v) is 5.93. The van der Waals surface area contributed by atoms with Crippen LogP contribution in [0.4, 0.5) is 5.69 Å². The van der Waals surface area contributed by atoms with E-state index in [0.29, 0.717) is 35.6 Å². The number of sulfonamides is 1. The molecule has 5 rings (SSSR count). The Morgan fingerprint density at radius 2 is 1.67 bits per heavy atom. The van der Waals surface area contributed by atoms with E-state index >= 15 is 0 Å². The summed E-state index contributed by atoms with van der Waals surface area (Å²) in [4.78, 5) is 21.8. The average Bonchev–Trinajstić information content (AvgIpc) is 2.97. The summed E-state index contributed by atoms with van der Waals surface area (Å²) in [5.41, 5.74) is 2.25. The number of hydrogen-bond acceptors (Lipinski definition) is 7. The lowest BCUT2D eigenvalue weighted by molar-refractivity contribution is 0.0625. The van der Waals surface area contributed by atoms with Crippen molar-refractivity contribution in [1.29, 1.82) is 0 Å². The number of amides is 1. The molecule has 202 valence electrons. The van der Waals surface area contributed by atoms with Crippen molar-refractivity contribution in [3.05, 3.63) is 90.1 Å². The molecule has 1 amide bonds. The Morgan fingerprint density at radius 3 is 2.38 bits per heavy atom. The van der Waals surface area contributed by atoms with Crippen LogP contribution in [0, 0.1) is 0 Å². The van der Waals surface area contributed by atoms with Gasteiger partial charge in [-0.05, 0) is 42.0 Å². The van der Waals surface area contributed by atoms with Gasteiger partial charge in [0.05, 0.1) is 31.0 Å². The number of pyridine rings is 1. The Balaban J connectivity index is 1.26. The maximum atomic E-state index is 13.3. The van der Waals surface area contributed by atoms with Crippen molar-refractivity contribution < 1.29 is 22.7 Å². The zero-order valence-electron chi connectivity index (χ0n) is 21.8. The number of nitrogens with one attached hydrogen (secondary N) is 1. The zero-order valence-corrected chi connectivity index (χ0v) is 22.6. The number of para-hydroxylation sites is 1. The number of fused-ring (bicyclic) bond motifs is 1. The predicted octanol–water partition coefficient (Wildman–Crippen LogP) is 4.01. The molecule has 0 radical (unpaired) electrons. The minimum atomic E-state index is -3.93. The Bertz CT molecular complexity index is 1580. The number of ether oxygens (including phenoxy) is 2. The van der Waals surface area contributed by atoms with Crippen molar-refractivity contribution in [3.63, 3.8) is 0 Å². The number of piperazine rings is 1. The molecule has 0 bridgehead atoms. The zero-order chi connectivity index (χ0) is 27.4. The average molecular weight is 547 g/mol. The van der Waals surface area contributed by atoms with Gasteiger partial charge in [0.1, 0.15) is 16.4 Å². The van der Waals surface area contributed by atoms with Crippen molar-refractivity contribution in [3.8, 4) is 11.5 Å². The number of rotatable bonds is 8. The van der Waals surface area contributed by atoms with Crippen LogP contribution in [0.15, 0.2) is 83.9 Å². The Kier molecular flexibility index (Phi) is 7.67. The highest BCUT2D eigenvalue weighted by molar-refractivity contribution is 7.93. The molecule has 0 atom stereocenters. The van der Waals surface area contributed by atoms with Gasteiger partial charge in [0, 0.05) is 50.4 Å². The molecule has 39 heavy (non-hydrogen) atoms. The van der Waals surface area contributed by atoms with Crippen molar-refractivity contribution >= 4 is 32.5 Å². The molecule has 1 saturated heterocycles. The van der Waals surface area contributed by atoms with Crippen LogP contribution < -0.4 is 14.2 Å². The monoisotopic (exact) mass is 546 g/mol. The summed E-state index contributed by atoms with van der Waals surface area (Å²) in [5.74, 6) is 0.980. The standard InChI is InChI=1S/C29H30N4O5S/c1-37-24-11-8-21(9-12-24)20-32-15-17-33(18-16-32)29(34)25-13-10-23(19-26(25)38-2)31-39(35,36)27-7-3-5-22-6-4-14-30-28(22)27/h3-14,19,31H,15-18,20H2,1-2H3. The minimum Gasteiger partial charge on any atom is -0.497 e. The topological polar surface area (TPSA) is 101 Å². The number of carbonyl (C=O) groups excluding carboxylic acids is 1. The third kappa shape index (κ3) is 5.81. The largest absolute Gasteiger partial charge is 0.497 e. The van der Waals surface area contributed by atoms with Crippen LogP contribution in [0.1, 0.15) is 15.9 Å². The molecular formula is C29H30N4O5S. The van der Waals surface area contributed by atoms with Gasteiger partial charge in [0.25, 0.3) is 15.9 Å². The number of benzene rings is 3. The number of methoxy groups -OCH3 is 2. The molecule has 0 unspecified atom stereocenters. The molecule has 0 saturated carbocycles. The van der Waals surface area contributed by atoms with Crippen molar-refractivity contribution in [2.45, 2.75) is 11.4 Å². The van der Waals surface area contributed by atoms with Gasteiger partial charge in [-0.25, -0.2) is 8.42 Å². The number of nitrogens with zero attached hydrogens (tertiary/aromatic N) is 3. The maximum absolute atomic E-state index is 13.3. The SMILES string of the molecule is COc1ccc(CN2CCN(C(=O)c3ccc(NS(=O)(=O)c4cccc5cccnc45)cc3OC)CC2)cc1. The van der Waals surface area contributed by atoms with Crippen molar-refractivity contribution in [2.75, 3.05) is 45.1 Å². The lowest BCUT2D eigenvalue weighted by Gasteiger charge is -2.35. The van der Waals surface area contributed by atoms with Gasteiger partial charge in [-0.15, -0.1) is 0 Å². The van der Waals surface area contributed by atoms with Gasteiger partial charge in [-0.3, -0.25) is 19.4 Å². The molecular weight excluding hydrogens is 516 g/mol. The number of carbonyl (C=O) groups is 1. The summed E-state index contributed by atoms with van der Waals surface area (Å²) in [6.45, 7) is 3.46. The molecule has 9 nitrogen and oxygen atoms in total. The van der Waals surface area contributed by atoms with Crippen molar-refractivity contribution in [1.82, 2.24) is 14.8 Å². The highest BCUT2D eigenvalue weighted by Gasteiger charge is 2.25. The second kappa shape index (κ2) is 11.3. The third-order valence-corrected chi connectivity index (χ3v) is 8.21. The van der Waals surface area contributed by atoms with E-state index in [1.807, 2.05) is 36.4 Å². The highest BCUT2D eigenvalue weighted by atomic mass is 32.2. The van der Waals surface area contributed by atoms with Crippen LogP contribution in [0.5, 0.6) is 11.5 Å². The van der Waals surface area contributed by atoms with Gasteiger partial charge in [0.2, 0.25) is 0 Å². The van der Waals surface area contributed by atoms with Gasteiger partial charge in [-0.2, -0.15) is 0 Å². The summed E-state index contributed by atoms with van der Waals surface area (Å²) in [6.07, 6.45) is 1.56. The van der Waals surface area contributed by atoms with E-state index in [-0.39, 0.29) is 10.8 Å². The van der Waals surface area contributed by atoms with Crippen molar-refractivity contribution in [2.24, 2.45) is 0 Å². The molecule has 0 aliphatic carbocycles. The fourth-order valence-electron chi connectivity index (χ4n) is 4.70. The summed E-state index contributed by atoms with van der Waals surface area (Å²) < 4.78 is 39.7. The first-order valence-electron chi connectivity index (χ1n) is 12.6. The molecule has 1 aromatic heterocycles. The second-order valence-electron chi connectivity index (χ2n) is 9.27. The first-order chi connectivity index (χ1) is 18.9. The number of aromatic nitrogens is 1. The van der Waals surface area contributed by atoms with Gasteiger partial charge >= 0.3 is 0 Å². The van der Waals surface area contributed by atoms with E-state index in [4.69, 9.17) is 9.47 Å².